The first kappa shape index (κ1) is 14.0. The van der Waals surface area contributed by atoms with Crippen LogP contribution in [0.5, 0.6) is 0 Å². The fourth-order valence-electron chi connectivity index (χ4n) is 2.20. The van der Waals surface area contributed by atoms with Crippen molar-refractivity contribution in [1.29, 1.82) is 0 Å². The van der Waals surface area contributed by atoms with Crippen molar-refractivity contribution < 1.29 is 14.7 Å². The van der Waals surface area contributed by atoms with Gasteiger partial charge in [-0.05, 0) is 26.9 Å². The molecule has 0 spiro atoms. The number of nitrogens with one attached hydrogen (secondary N) is 1. The number of rotatable bonds is 5. The van der Waals surface area contributed by atoms with E-state index in [-0.39, 0.29) is 11.9 Å². The Morgan fingerprint density at radius 3 is 2.53 bits per heavy atom. The molecule has 2 N–H and O–H groups in total. The van der Waals surface area contributed by atoms with Gasteiger partial charge in [-0.2, -0.15) is 0 Å². The second-order valence-corrected chi connectivity index (χ2v) is 4.96. The van der Waals surface area contributed by atoms with Gasteiger partial charge in [-0.3, -0.25) is 9.59 Å². The Kier molecular flexibility index (Phi) is 5.41. The van der Waals surface area contributed by atoms with E-state index < -0.39 is 11.9 Å². The van der Waals surface area contributed by atoms with E-state index in [1.165, 1.54) is 0 Å². The van der Waals surface area contributed by atoms with Crippen molar-refractivity contribution in [2.75, 3.05) is 20.6 Å². The first-order valence-corrected chi connectivity index (χ1v) is 6.17. The summed E-state index contributed by atoms with van der Waals surface area (Å²) in [5.41, 5.74) is 0. The van der Waals surface area contributed by atoms with E-state index in [1.54, 1.807) is 0 Å². The summed E-state index contributed by atoms with van der Waals surface area (Å²) < 4.78 is 0. The first-order chi connectivity index (χ1) is 8.00. The van der Waals surface area contributed by atoms with Gasteiger partial charge < -0.3 is 15.3 Å². The van der Waals surface area contributed by atoms with Crippen LogP contribution in [0.15, 0.2) is 0 Å². The highest BCUT2D eigenvalue weighted by Gasteiger charge is 2.31. The molecule has 0 aromatic rings. The Balaban J connectivity index is 2.42. The van der Waals surface area contributed by atoms with Crippen LogP contribution in [0.1, 0.15) is 32.1 Å². The normalized spacial score (nSPS) is 24.6. The fourth-order valence-corrected chi connectivity index (χ4v) is 2.20. The van der Waals surface area contributed by atoms with Gasteiger partial charge in [0.2, 0.25) is 5.91 Å². The lowest BCUT2D eigenvalue weighted by Gasteiger charge is -2.29. The number of amides is 1. The zero-order valence-electron chi connectivity index (χ0n) is 10.6. The van der Waals surface area contributed by atoms with E-state index in [9.17, 15) is 9.59 Å². The van der Waals surface area contributed by atoms with Gasteiger partial charge in [0.1, 0.15) is 0 Å². The van der Waals surface area contributed by atoms with E-state index in [1.807, 2.05) is 19.0 Å². The van der Waals surface area contributed by atoms with Crippen molar-refractivity contribution in [3.05, 3.63) is 0 Å². The SMILES string of the molecule is CN(C)CCC(=O)NC1CCCCC1C(=O)O. The predicted octanol–water partition coefficient (Wildman–Crippen LogP) is 0.698. The molecule has 0 aromatic carbocycles. The third-order valence-corrected chi connectivity index (χ3v) is 3.22. The summed E-state index contributed by atoms with van der Waals surface area (Å²) in [6.45, 7) is 0.691. The maximum absolute atomic E-state index is 11.7. The molecule has 0 bridgehead atoms. The molecular weight excluding hydrogens is 220 g/mol. The Morgan fingerprint density at radius 2 is 1.94 bits per heavy atom. The lowest BCUT2D eigenvalue weighted by atomic mass is 9.84. The van der Waals surface area contributed by atoms with Gasteiger partial charge in [-0.15, -0.1) is 0 Å². The van der Waals surface area contributed by atoms with Crippen LogP contribution in [-0.2, 0) is 9.59 Å². The zero-order chi connectivity index (χ0) is 12.8. The van der Waals surface area contributed by atoms with Gasteiger partial charge in [0.25, 0.3) is 0 Å². The second kappa shape index (κ2) is 6.59. The molecule has 1 aliphatic carbocycles. The van der Waals surface area contributed by atoms with Crippen LogP contribution >= 0.6 is 0 Å². The maximum atomic E-state index is 11.7. The predicted molar refractivity (Wildman–Crippen MR) is 64.7 cm³/mol. The first-order valence-electron chi connectivity index (χ1n) is 6.17. The van der Waals surface area contributed by atoms with Gasteiger partial charge in [0.15, 0.2) is 0 Å². The van der Waals surface area contributed by atoms with Crippen molar-refractivity contribution in [3.8, 4) is 0 Å². The highest BCUT2D eigenvalue weighted by molar-refractivity contribution is 5.78. The Bertz CT molecular complexity index is 279. The summed E-state index contributed by atoms with van der Waals surface area (Å²) in [4.78, 5) is 24.6. The second-order valence-electron chi connectivity index (χ2n) is 4.96. The standard InChI is InChI=1S/C12H22N2O3/c1-14(2)8-7-11(15)13-10-6-4-3-5-9(10)12(16)17/h9-10H,3-8H2,1-2H3,(H,13,15)(H,16,17). The topological polar surface area (TPSA) is 69.6 Å². The third-order valence-electron chi connectivity index (χ3n) is 3.22. The molecule has 1 fully saturated rings. The zero-order valence-corrected chi connectivity index (χ0v) is 10.6. The van der Waals surface area contributed by atoms with Crippen molar-refractivity contribution in [3.63, 3.8) is 0 Å². The fraction of sp³-hybridized carbons (Fsp3) is 0.833. The van der Waals surface area contributed by atoms with Gasteiger partial charge in [-0.1, -0.05) is 12.8 Å². The average molecular weight is 242 g/mol. The number of hydrogen-bond acceptors (Lipinski definition) is 3. The number of carbonyl (C=O) groups is 2. The van der Waals surface area contributed by atoms with Crippen molar-refractivity contribution in [1.82, 2.24) is 10.2 Å². The van der Waals surface area contributed by atoms with Crippen molar-refractivity contribution in [2.45, 2.75) is 38.1 Å². The highest BCUT2D eigenvalue weighted by Crippen LogP contribution is 2.24. The van der Waals surface area contributed by atoms with Gasteiger partial charge in [-0.25, -0.2) is 0 Å². The molecule has 0 saturated heterocycles. The minimum absolute atomic E-state index is 0.0446. The molecule has 0 aliphatic heterocycles. The van der Waals surface area contributed by atoms with E-state index in [0.717, 1.165) is 19.3 Å². The van der Waals surface area contributed by atoms with Crippen molar-refractivity contribution >= 4 is 11.9 Å². The molecule has 1 saturated carbocycles. The summed E-state index contributed by atoms with van der Waals surface area (Å²) >= 11 is 0. The molecule has 0 aromatic heterocycles. The molecule has 5 heteroatoms. The van der Waals surface area contributed by atoms with Crippen LogP contribution in [-0.4, -0.2) is 48.6 Å². The van der Waals surface area contributed by atoms with Gasteiger partial charge in [0.05, 0.1) is 5.92 Å². The minimum Gasteiger partial charge on any atom is -0.481 e. The Morgan fingerprint density at radius 1 is 1.29 bits per heavy atom. The average Bonchev–Trinajstić information content (AvgIpc) is 2.27. The summed E-state index contributed by atoms with van der Waals surface area (Å²) in [6.07, 6.45) is 3.83. The molecule has 1 amide bonds. The van der Waals surface area contributed by atoms with E-state index in [0.29, 0.717) is 19.4 Å². The Labute approximate surface area is 102 Å². The van der Waals surface area contributed by atoms with Crippen LogP contribution in [0.25, 0.3) is 0 Å². The molecule has 2 unspecified atom stereocenters. The molecule has 0 radical (unpaired) electrons. The number of carbonyl (C=O) groups excluding carboxylic acids is 1. The monoisotopic (exact) mass is 242 g/mol. The Hall–Kier alpha value is -1.10. The number of carboxylic acid groups (broad SMARTS) is 1. The quantitative estimate of drug-likeness (QED) is 0.744. The van der Waals surface area contributed by atoms with Crippen LogP contribution < -0.4 is 5.32 Å². The molecule has 98 valence electrons. The van der Waals surface area contributed by atoms with Crippen LogP contribution in [0, 0.1) is 5.92 Å². The molecule has 17 heavy (non-hydrogen) atoms. The van der Waals surface area contributed by atoms with E-state index in [2.05, 4.69) is 5.32 Å². The lowest BCUT2D eigenvalue weighted by molar-refractivity contribution is -0.144. The number of hydrogen-bond donors (Lipinski definition) is 2. The minimum atomic E-state index is -0.789. The van der Waals surface area contributed by atoms with Crippen LogP contribution in [0.4, 0.5) is 0 Å². The van der Waals surface area contributed by atoms with E-state index >= 15 is 0 Å². The number of aliphatic carboxylic acids is 1. The molecule has 5 nitrogen and oxygen atoms in total. The molecule has 1 rings (SSSR count). The van der Waals surface area contributed by atoms with Gasteiger partial charge >= 0.3 is 5.97 Å². The molecule has 1 aliphatic rings. The largest absolute Gasteiger partial charge is 0.481 e. The lowest BCUT2D eigenvalue weighted by Crippen LogP contribution is -2.45. The molecule has 2 atom stereocenters. The van der Waals surface area contributed by atoms with Crippen LogP contribution in [0.3, 0.4) is 0 Å². The summed E-state index contributed by atoms with van der Waals surface area (Å²) in [5, 5.41) is 11.9. The summed E-state index contributed by atoms with van der Waals surface area (Å²) in [7, 11) is 3.82. The smallest absolute Gasteiger partial charge is 0.308 e. The van der Waals surface area contributed by atoms with Crippen molar-refractivity contribution in [2.24, 2.45) is 5.92 Å². The maximum Gasteiger partial charge on any atom is 0.308 e. The number of carboxylic acids is 1. The molecular formula is C12H22N2O3. The summed E-state index contributed by atoms with van der Waals surface area (Å²) in [5.74, 6) is -1.24. The third kappa shape index (κ3) is 4.73. The van der Waals surface area contributed by atoms with Crippen LogP contribution in [0.2, 0.25) is 0 Å². The summed E-state index contributed by atoms with van der Waals surface area (Å²) in [6, 6.07) is -0.184. The highest BCUT2D eigenvalue weighted by atomic mass is 16.4. The van der Waals surface area contributed by atoms with Gasteiger partial charge in [0, 0.05) is 19.0 Å². The number of nitrogens with zero attached hydrogens (tertiary/aromatic N) is 1. The molecule has 0 heterocycles. The van der Waals surface area contributed by atoms with E-state index in [4.69, 9.17) is 5.11 Å².